The Bertz CT molecular complexity index is 1040. The zero-order valence-corrected chi connectivity index (χ0v) is 24.3. The van der Waals surface area contributed by atoms with Crippen LogP contribution in [0.4, 0.5) is 0 Å². The van der Waals surface area contributed by atoms with E-state index < -0.39 is 8.32 Å². The van der Waals surface area contributed by atoms with Crippen LogP contribution in [0.3, 0.4) is 0 Å². The molecular formula is C33H44O3Si. The Balaban J connectivity index is 2.04. The Labute approximate surface area is 225 Å². The molecule has 198 valence electrons. The third-order valence-electron chi connectivity index (χ3n) is 7.22. The largest absolute Gasteiger partial charge is 0.466 e. The van der Waals surface area contributed by atoms with Gasteiger partial charge in [0.05, 0.1) is 13.2 Å². The normalized spacial score (nSPS) is 22.0. The summed E-state index contributed by atoms with van der Waals surface area (Å²) in [6, 6.07) is 21.7. The summed E-state index contributed by atoms with van der Waals surface area (Å²) in [7, 11) is -1.22. The summed E-state index contributed by atoms with van der Waals surface area (Å²) >= 11 is 0. The van der Waals surface area contributed by atoms with E-state index >= 15 is 0 Å². The van der Waals surface area contributed by atoms with E-state index in [1.54, 1.807) is 0 Å². The monoisotopic (exact) mass is 516 g/mol. The van der Waals surface area contributed by atoms with Crippen molar-refractivity contribution >= 4 is 24.7 Å². The van der Waals surface area contributed by atoms with Crippen LogP contribution in [-0.2, 0) is 14.0 Å². The molecule has 3 nitrogen and oxygen atoms in total. The molecule has 2 aromatic carbocycles. The van der Waals surface area contributed by atoms with Crippen molar-refractivity contribution in [3.63, 3.8) is 0 Å². The molecule has 1 unspecified atom stereocenters. The molecule has 1 aliphatic rings. The average molecular weight is 517 g/mol. The second-order valence-electron chi connectivity index (χ2n) is 11.1. The van der Waals surface area contributed by atoms with E-state index in [-0.39, 0.29) is 17.1 Å². The number of hydrogen-bond donors (Lipinski definition) is 0. The van der Waals surface area contributed by atoms with Gasteiger partial charge in [-0.25, -0.2) is 4.79 Å². The Morgan fingerprint density at radius 3 is 2.08 bits per heavy atom. The molecule has 0 spiro atoms. The van der Waals surface area contributed by atoms with Crippen molar-refractivity contribution < 1.29 is 14.0 Å². The van der Waals surface area contributed by atoms with Crippen molar-refractivity contribution in [2.24, 2.45) is 0 Å². The van der Waals surface area contributed by atoms with E-state index in [1.165, 1.54) is 23.1 Å². The van der Waals surface area contributed by atoms with Crippen LogP contribution in [0.15, 0.2) is 96.1 Å². The van der Waals surface area contributed by atoms with Gasteiger partial charge in [0.15, 0.2) is 0 Å². The van der Waals surface area contributed by atoms with Gasteiger partial charge in [-0.1, -0.05) is 111 Å². The van der Waals surface area contributed by atoms with Gasteiger partial charge in [0, 0.05) is 5.57 Å². The number of allylic oxidation sites excluding steroid dienone is 4. The Kier molecular flexibility index (Phi) is 10.7. The van der Waals surface area contributed by atoms with E-state index in [0.29, 0.717) is 6.42 Å². The summed E-state index contributed by atoms with van der Waals surface area (Å²) in [6.45, 7) is 9.21. The molecular weight excluding hydrogens is 472 g/mol. The first kappa shape index (κ1) is 28.9. The molecule has 4 heteroatoms. The first-order valence-electron chi connectivity index (χ1n) is 13.7. The van der Waals surface area contributed by atoms with E-state index in [4.69, 9.17) is 9.16 Å². The number of hydrogen-bond acceptors (Lipinski definition) is 3. The highest BCUT2D eigenvalue weighted by Gasteiger charge is 2.51. The molecule has 1 aliphatic carbocycles. The van der Waals surface area contributed by atoms with Crippen molar-refractivity contribution in [2.75, 3.05) is 7.11 Å². The Hall–Kier alpha value is -2.69. The van der Waals surface area contributed by atoms with E-state index in [9.17, 15) is 4.79 Å². The van der Waals surface area contributed by atoms with Gasteiger partial charge in [0.25, 0.3) is 8.32 Å². The fourth-order valence-electron chi connectivity index (χ4n) is 5.32. The number of ether oxygens (including phenoxy) is 1. The molecule has 0 saturated heterocycles. The molecule has 1 atom stereocenters. The maximum atomic E-state index is 12.4. The topological polar surface area (TPSA) is 35.5 Å². The fraction of sp³-hybridized carbons (Fsp3) is 0.424. The molecule has 37 heavy (non-hydrogen) atoms. The third kappa shape index (κ3) is 7.65. The van der Waals surface area contributed by atoms with Gasteiger partial charge in [0.1, 0.15) is 0 Å². The van der Waals surface area contributed by atoms with Crippen LogP contribution in [0, 0.1) is 0 Å². The van der Waals surface area contributed by atoms with Crippen LogP contribution in [0.25, 0.3) is 0 Å². The van der Waals surface area contributed by atoms with Crippen molar-refractivity contribution in [3.8, 4) is 0 Å². The van der Waals surface area contributed by atoms with Gasteiger partial charge in [-0.05, 0) is 67.3 Å². The van der Waals surface area contributed by atoms with Crippen molar-refractivity contribution in [3.05, 3.63) is 96.1 Å². The molecule has 0 bridgehead atoms. The number of carbonyl (C=O) groups is 1. The molecule has 0 amide bonds. The van der Waals surface area contributed by atoms with Crippen LogP contribution in [0.2, 0.25) is 5.04 Å². The van der Waals surface area contributed by atoms with Crippen LogP contribution in [0.5, 0.6) is 0 Å². The lowest BCUT2D eigenvalue weighted by molar-refractivity contribution is -0.136. The fourth-order valence-corrected chi connectivity index (χ4v) is 9.97. The van der Waals surface area contributed by atoms with Crippen LogP contribution < -0.4 is 10.4 Å². The lowest BCUT2D eigenvalue weighted by Gasteiger charge is -2.45. The zero-order chi connectivity index (χ0) is 26.7. The highest BCUT2D eigenvalue weighted by Crippen LogP contribution is 2.38. The second-order valence-corrected chi connectivity index (χ2v) is 15.3. The maximum absolute atomic E-state index is 12.4. The summed E-state index contributed by atoms with van der Waals surface area (Å²) in [5.74, 6) is -0.243. The quantitative estimate of drug-likeness (QED) is 0.238. The highest BCUT2D eigenvalue weighted by molar-refractivity contribution is 6.99. The maximum Gasteiger partial charge on any atom is 0.333 e. The Morgan fingerprint density at radius 2 is 1.51 bits per heavy atom. The molecule has 0 aromatic heterocycles. The Morgan fingerprint density at radius 1 is 0.892 bits per heavy atom. The summed E-state index contributed by atoms with van der Waals surface area (Å²) in [4.78, 5) is 12.4. The van der Waals surface area contributed by atoms with Crippen LogP contribution >= 0.6 is 0 Å². The summed E-state index contributed by atoms with van der Waals surface area (Å²) < 4.78 is 12.5. The van der Waals surface area contributed by atoms with E-state index in [2.05, 4.69) is 101 Å². The van der Waals surface area contributed by atoms with Gasteiger partial charge in [0.2, 0.25) is 0 Å². The molecule has 0 N–H and O–H groups in total. The lowest BCUT2D eigenvalue weighted by Crippen LogP contribution is -2.67. The summed E-state index contributed by atoms with van der Waals surface area (Å²) in [5, 5.41) is 2.50. The smallest absolute Gasteiger partial charge is 0.333 e. The molecule has 2 aromatic rings. The number of esters is 1. The zero-order valence-electron chi connectivity index (χ0n) is 23.3. The van der Waals surface area contributed by atoms with E-state index in [0.717, 1.165) is 44.1 Å². The molecule has 0 fully saturated rings. The van der Waals surface area contributed by atoms with Gasteiger partial charge in [-0.3, -0.25) is 0 Å². The van der Waals surface area contributed by atoms with Crippen molar-refractivity contribution in [1.29, 1.82) is 0 Å². The van der Waals surface area contributed by atoms with Gasteiger partial charge in [-0.15, -0.1) is 0 Å². The minimum absolute atomic E-state index is 0.0383. The minimum Gasteiger partial charge on any atom is -0.466 e. The summed E-state index contributed by atoms with van der Waals surface area (Å²) in [5.41, 5.74) is 2.11. The first-order chi connectivity index (χ1) is 17.8. The minimum atomic E-state index is -2.68. The molecule has 0 saturated carbocycles. The SMILES string of the molecule is COC(=O)/C1=C\C=C\CCCC/C(C)=C\C(O[Si](c2ccccc2)(c2ccccc2)C(C)(C)C)CCC1. The van der Waals surface area contributed by atoms with Crippen molar-refractivity contribution in [1.82, 2.24) is 0 Å². The number of rotatable bonds is 5. The molecule has 0 heterocycles. The lowest BCUT2D eigenvalue weighted by atomic mass is 10.0. The van der Waals surface area contributed by atoms with Crippen molar-refractivity contribution in [2.45, 2.75) is 83.8 Å². The van der Waals surface area contributed by atoms with Gasteiger partial charge < -0.3 is 9.16 Å². The van der Waals surface area contributed by atoms with Crippen LogP contribution in [-0.4, -0.2) is 27.5 Å². The standard InChI is InChI=1S/C33H44O3Si/c1-27-18-11-7-6-8-12-19-28(32(34)35-5)20-17-21-29(26-27)36-37(33(2,3)4,30-22-13-9-14-23-30)31-24-15-10-16-25-31/h8-10,12-16,19,22-26,29H,6-7,11,17-18,20-21H2,1-5H3/b12-8+,27-26-,28-19-. The molecule has 0 aliphatic heterocycles. The average Bonchev–Trinajstić information content (AvgIpc) is 2.89. The van der Waals surface area contributed by atoms with E-state index in [1.807, 2.05) is 12.2 Å². The predicted molar refractivity (Wildman–Crippen MR) is 158 cm³/mol. The molecule has 0 radical (unpaired) electrons. The molecule has 3 rings (SSSR count). The number of carbonyl (C=O) groups excluding carboxylic acids is 1. The summed E-state index contributed by atoms with van der Waals surface area (Å²) in [6.07, 6.45) is 15.2. The third-order valence-corrected chi connectivity index (χ3v) is 12.3. The second kappa shape index (κ2) is 13.7. The van der Waals surface area contributed by atoms with Gasteiger partial charge >= 0.3 is 5.97 Å². The first-order valence-corrected chi connectivity index (χ1v) is 15.6. The van der Waals surface area contributed by atoms with Gasteiger partial charge in [-0.2, -0.15) is 0 Å². The van der Waals surface area contributed by atoms with Crippen LogP contribution in [0.1, 0.15) is 72.6 Å². The number of methoxy groups -OCH3 is 1. The number of benzene rings is 2. The predicted octanol–water partition coefficient (Wildman–Crippen LogP) is 7.28. The highest BCUT2D eigenvalue weighted by atomic mass is 28.4.